The fourth-order valence-electron chi connectivity index (χ4n) is 4.37. The molecule has 1 aliphatic carbocycles. The van der Waals surface area contributed by atoms with Gasteiger partial charge in [-0.15, -0.1) is 0 Å². The number of rotatable bonds is 6. The van der Waals surface area contributed by atoms with Gasteiger partial charge in [-0.1, -0.05) is 30.5 Å². The summed E-state index contributed by atoms with van der Waals surface area (Å²) < 4.78 is 47.5. The smallest absolute Gasteiger partial charge is 0.265 e. The number of nitrogens with zero attached hydrogens (tertiary/aromatic N) is 1. The second-order valence-corrected chi connectivity index (χ2v) is 10.1. The molecule has 2 aromatic carbocycles. The molecule has 1 saturated carbocycles. The number of likely N-dealkylation sites (tertiary alicyclic amines) is 1. The average molecular weight is 481 g/mol. The summed E-state index contributed by atoms with van der Waals surface area (Å²) >= 11 is 5.73. The summed E-state index contributed by atoms with van der Waals surface area (Å²) in [6.45, 7) is -0.0352. The molecule has 1 saturated heterocycles. The molecule has 10 heteroatoms. The zero-order chi connectivity index (χ0) is 23.0. The zero-order valence-electron chi connectivity index (χ0n) is 17.3. The van der Waals surface area contributed by atoms with Crippen molar-refractivity contribution in [1.82, 2.24) is 4.90 Å². The Bertz CT molecular complexity index is 1160. The van der Waals surface area contributed by atoms with Crippen LogP contribution in [0.2, 0.25) is 5.02 Å². The SMILES string of the molecule is COc1ccc(CN2C(=O)[C@H]3CCCC[C@@H]3C2=O)cc1S(=O)(=O)Nc1ccc(Cl)cc1F. The Morgan fingerprint density at radius 2 is 1.75 bits per heavy atom. The Labute approximate surface area is 190 Å². The lowest BCUT2D eigenvalue weighted by molar-refractivity contribution is -0.140. The Hall–Kier alpha value is -2.65. The third kappa shape index (κ3) is 4.19. The second kappa shape index (κ2) is 8.71. The van der Waals surface area contributed by atoms with Crippen LogP contribution in [-0.2, 0) is 26.2 Å². The molecule has 0 bridgehead atoms. The minimum atomic E-state index is -4.24. The number of carbonyl (C=O) groups is 2. The summed E-state index contributed by atoms with van der Waals surface area (Å²) in [5.74, 6) is -1.77. The highest BCUT2D eigenvalue weighted by Gasteiger charge is 2.47. The van der Waals surface area contributed by atoms with Crippen molar-refractivity contribution in [3.63, 3.8) is 0 Å². The maximum atomic E-state index is 14.1. The van der Waals surface area contributed by atoms with E-state index in [1.165, 1.54) is 36.3 Å². The number of hydrogen-bond acceptors (Lipinski definition) is 5. The lowest BCUT2D eigenvalue weighted by Gasteiger charge is -2.19. The van der Waals surface area contributed by atoms with Crippen LogP contribution in [0.5, 0.6) is 5.75 Å². The van der Waals surface area contributed by atoms with Gasteiger partial charge in [-0.2, -0.15) is 0 Å². The van der Waals surface area contributed by atoms with E-state index in [1.54, 1.807) is 6.07 Å². The number of methoxy groups -OCH3 is 1. The van der Waals surface area contributed by atoms with Crippen molar-refractivity contribution < 1.29 is 27.1 Å². The standard InChI is InChI=1S/C22H22ClFN2O5S/c1-31-19-9-6-13(12-26-21(27)15-4-2-3-5-16(15)22(26)28)10-20(19)32(29,30)25-18-8-7-14(23)11-17(18)24/h6-11,15-16,25H,2-5,12H2,1H3/t15-,16-/m0/s1. The van der Waals surface area contributed by atoms with Gasteiger partial charge < -0.3 is 4.74 Å². The molecule has 0 unspecified atom stereocenters. The number of anilines is 1. The maximum absolute atomic E-state index is 14.1. The van der Waals surface area contributed by atoms with Gasteiger partial charge in [-0.3, -0.25) is 19.2 Å². The number of hydrogen-bond donors (Lipinski definition) is 1. The molecule has 2 aliphatic rings. The van der Waals surface area contributed by atoms with E-state index in [1.807, 2.05) is 0 Å². The fraction of sp³-hybridized carbons (Fsp3) is 0.364. The molecule has 170 valence electrons. The molecule has 1 aliphatic heterocycles. The van der Waals surface area contributed by atoms with Crippen molar-refractivity contribution in [3.05, 3.63) is 52.8 Å². The van der Waals surface area contributed by atoms with Crippen LogP contribution in [0, 0.1) is 17.7 Å². The summed E-state index contributed by atoms with van der Waals surface area (Å²) in [5.41, 5.74) is 0.180. The number of sulfonamides is 1. The van der Waals surface area contributed by atoms with Crippen molar-refractivity contribution >= 4 is 39.1 Å². The summed E-state index contributed by atoms with van der Waals surface area (Å²) in [5, 5.41) is 0.130. The molecule has 1 heterocycles. The van der Waals surface area contributed by atoms with Gasteiger partial charge in [0, 0.05) is 5.02 Å². The van der Waals surface area contributed by atoms with E-state index in [0.717, 1.165) is 18.9 Å². The van der Waals surface area contributed by atoms with Crippen LogP contribution >= 0.6 is 11.6 Å². The normalized spacial score (nSPS) is 20.9. The molecule has 0 aromatic heterocycles. The molecule has 2 atom stereocenters. The quantitative estimate of drug-likeness (QED) is 0.632. The molecule has 4 rings (SSSR count). The van der Waals surface area contributed by atoms with Gasteiger partial charge in [0.2, 0.25) is 11.8 Å². The zero-order valence-corrected chi connectivity index (χ0v) is 18.9. The van der Waals surface area contributed by atoms with E-state index in [9.17, 15) is 22.4 Å². The van der Waals surface area contributed by atoms with Crippen LogP contribution in [0.15, 0.2) is 41.3 Å². The third-order valence-electron chi connectivity index (χ3n) is 5.97. The number of ether oxygens (including phenoxy) is 1. The predicted octanol–water partition coefficient (Wildman–Crippen LogP) is 3.96. The Balaban J connectivity index is 1.63. The van der Waals surface area contributed by atoms with Gasteiger partial charge in [0.25, 0.3) is 10.0 Å². The van der Waals surface area contributed by atoms with E-state index >= 15 is 0 Å². The van der Waals surface area contributed by atoms with Gasteiger partial charge in [-0.25, -0.2) is 12.8 Å². The van der Waals surface area contributed by atoms with Crippen LogP contribution in [0.3, 0.4) is 0 Å². The van der Waals surface area contributed by atoms with E-state index in [2.05, 4.69) is 4.72 Å². The summed E-state index contributed by atoms with van der Waals surface area (Å²) in [6, 6.07) is 7.95. The number of benzene rings is 2. The number of fused-ring (bicyclic) bond motifs is 1. The van der Waals surface area contributed by atoms with Gasteiger partial charge in [0.05, 0.1) is 31.2 Å². The van der Waals surface area contributed by atoms with Gasteiger partial charge >= 0.3 is 0 Å². The van der Waals surface area contributed by atoms with Gasteiger partial charge in [0.15, 0.2) is 0 Å². The molecule has 7 nitrogen and oxygen atoms in total. The monoisotopic (exact) mass is 480 g/mol. The lowest BCUT2D eigenvalue weighted by atomic mass is 9.81. The molecule has 1 N–H and O–H groups in total. The molecule has 2 amide bonds. The predicted molar refractivity (Wildman–Crippen MR) is 116 cm³/mol. The van der Waals surface area contributed by atoms with E-state index in [4.69, 9.17) is 16.3 Å². The largest absolute Gasteiger partial charge is 0.495 e. The maximum Gasteiger partial charge on any atom is 0.265 e. The van der Waals surface area contributed by atoms with Crippen molar-refractivity contribution in [1.29, 1.82) is 0 Å². The molecule has 2 aromatic rings. The van der Waals surface area contributed by atoms with Crippen LogP contribution in [-0.4, -0.2) is 32.2 Å². The van der Waals surface area contributed by atoms with Crippen molar-refractivity contribution in [2.24, 2.45) is 11.8 Å². The summed E-state index contributed by atoms with van der Waals surface area (Å²) in [4.78, 5) is 26.5. The molecule has 32 heavy (non-hydrogen) atoms. The highest BCUT2D eigenvalue weighted by Crippen LogP contribution is 2.39. The molecular weight excluding hydrogens is 459 g/mol. The Kier molecular flexibility index (Phi) is 6.13. The minimum Gasteiger partial charge on any atom is -0.495 e. The molecular formula is C22H22ClFN2O5S. The molecule has 2 fully saturated rings. The van der Waals surface area contributed by atoms with Gasteiger partial charge in [-0.05, 0) is 48.7 Å². The number of amides is 2. The number of halogens is 2. The number of nitrogens with one attached hydrogen (secondary N) is 1. The van der Waals surface area contributed by atoms with Crippen LogP contribution in [0.4, 0.5) is 10.1 Å². The topological polar surface area (TPSA) is 92.8 Å². The van der Waals surface area contributed by atoms with Crippen LogP contribution in [0.25, 0.3) is 0 Å². The first-order valence-corrected chi connectivity index (χ1v) is 12.1. The molecule has 0 spiro atoms. The first-order chi connectivity index (χ1) is 15.2. The first-order valence-electron chi connectivity index (χ1n) is 10.2. The lowest BCUT2D eigenvalue weighted by Crippen LogP contribution is -2.30. The second-order valence-electron chi connectivity index (χ2n) is 7.97. The summed E-state index contributed by atoms with van der Waals surface area (Å²) in [6.07, 6.45) is 3.24. The number of carbonyl (C=O) groups excluding carboxylic acids is 2. The van der Waals surface area contributed by atoms with E-state index in [-0.39, 0.29) is 51.5 Å². The molecule has 0 radical (unpaired) electrons. The van der Waals surface area contributed by atoms with Crippen molar-refractivity contribution in [2.45, 2.75) is 37.1 Å². The Morgan fingerprint density at radius 3 is 2.34 bits per heavy atom. The van der Waals surface area contributed by atoms with Crippen LogP contribution in [0.1, 0.15) is 31.2 Å². The average Bonchev–Trinajstić information content (AvgIpc) is 3.01. The van der Waals surface area contributed by atoms with Crippen molar-refractivity contribution in [2.75, 3.05) is 11.8 Å². The third-order valence-corrected chi connectivity index (χ3v) is 7.59. The van der Waals surface area contributed by atoms with Crippen LogP contribution < -0.4 is 9.46 Å². The van der Waals surface area contributed by atoms with E-state index < -0.39 is 15.8 Å². The van der Waals surface area contributed by atoms with Gasteiger partial charge in [0.1, 0.15) is 16.5 Å². The Morgan fingerprint density at radius 1 is 1.09 bits per heavy atom. The highest BCUT2D eigenvalue weighted by molar-refractivity contribution is 7.92. The fourth-order valence-corrected chi connectivity index (χ4v) is 5.82. The van der Waals surface area contributed by atoms with Crippen molar-refractivity contribution in [3.8, 4) is 5.75 Å². The first kappa shape index (κ1) is 22.5. The highest BCUT2D eigenvalue weighted by atomic mass is 35.5. The minimum absolute atomic E-state index is 0.0352. The van der Waals surface area contributed by atoms with E-state index in [0.29, 0.717) is 18.4 Å². The summed E-state index contributed by atoms with van der Waals surface area (Å²) in [7, 11) is -2.93. The number of imide groups is 1.